The molecule has 0 aliphatic carbocycles. The van der Waals surface area contributed by atoms with Gasteiger partial charge in [0.15, 0.2) is 5.11 Å². The highest BCUT2D eigenvalue weighted by Crippen LogP contribution is 2.10. The van der Waals surface area contributed by atoms with Gasteiger partial charge in [-0.05, 0) is 55.9 Å². The number of benzene rings is 2. The van der Waals surface area contributed by atoms with Crippen LogP contribution in [0.25, 0.3) is 0 Å². The SMILES string of the molecule is C/C(=N\NC(=S)Nc1ccc(C)cc1)c1ccc(Cl)cc1. The Kier molecular flexibility index (Phi) is 5.31. The average Bonchev–Trinajstić information content (AvgIpc) is 2.48. The number of rotatable bonds is 3. The van der Waals surface area contributed by atoms with E-state index in [0.717, 1.165) is 17.0 Å². The Hall–Kier alpha value is -1.91. The van der Waals surface area contributed by atoms with Crippen molar-refractivity contribution in [1.82, 2.24) is 5.43 Å². The van der Waals surface area contributed by atoms with E-state index in [1.54, 1.807) is 0 Å². The molecular formula is C16H16ClN3S. The van der Waals surface area contributed by atoms with E-state index in [9.17, 15) is 0 Å². The van der Waals surface area contributed by atoms with Gasteiger partial charge in [-0.15, -0.1) is 0 Å². The molecule has 0 aromatic heterocycles. The highest BCUT2D eigenvalue weighted by molar-refractivity contribution is 7.80. The molecule has 0 saturated carbocycles. The molecule has 0 unspecified atom stereocenters. The van der Waals surface area contributed by atoms with E-state index in [0.29, 0.717) is 10.1 Å². The van der Waals surface area contributed by atoms with Crippen molar-refractivity contribution in [3.63, 3.8) is 0 Å². The molecule has 0 amide bonds. The lowest BCUT2D eigenvalue weighted by atomic mass is 10.1. The summed E-state index contributed by atoms with van der Waals surface area (Å²) < 4.78 is 0. The number of anilines is 1. The summed E-state index contributed by atoms with van der Waals surface area (Å²) in [5.41, 5.74) is 6.79. The fourth-order valence-electron chi connectivity index (χ4n) is 1.69. The first-order chi connectivity index (χ1) is 10.0. The lowest BCUT2D eigenvalue weighted by Gasteiger charge is -2.08. The number of hydrogen-bond donors (Lipinski definition) is 2. The molecule has 0 fully saturated rings. The maximum atomic E-state index is 5.86. The minimum Gasteiger partial charge on any atom is -0.331 e. The third-order valence-corrected chi connectivity index (χ3v) is 3.34. The zero-order chi connectivity index (χ0) is 15.2. The molecule has 0 atom stereocenters. The van der Waals surface area contributed by atoms with E-state index < -0.39 is 0 Å². The first kappa shape index (κ1) is 15.5. The van der Waals surface area contributed by atoms with Crippen LogP contribution in [0.2, 0.25) is 5.02 Å². The van der Waals surface area contributed by atoms with E-state index in [1.807, 2.05) is 62.4 Å². The van der Waals surface area contributed by atoms with Crippen molar-refractivity contribution in [3.8, 4) is 0 Å². The molecule has 3 nitrogen and oxygen atoms in total. The molecule has 108 valence electrons. The predicted octanol–water partition coefficient (Wildman–Crippen LogP) is 4.36. The van der Waals surface area contributed by atoms with Gasteiger partial charge in [0.1, 0.15) is 0 Å². The van der Waals surface area contributed by atoms with Gasteiger partial charge in [0.2, 0.25) is 0 Å². The van der Waals surface area contributed by atoms with Gasteiger partial charge < -0.3 is 5.32 Å². The van der Waals surface area contributed by atoms with Crippen LogP contribution in [0.3, 0.4) is 0 Å². The second-order valence-corrected chi connectivity index (χ2v) is 5.48. The molecule has 21 heavy (non-hydrogen) atoms. The summed E-state index contributed by atoms with van der Waals surface area (Å²) in [6.07, 6.45) is 0. The van der Waals surface area contributed by atoms with Crippen LogP contribution in [0.15, 0.2) is 53.6 Å². The number of thiocarbonyl (C=S) groups is 1. The molecule has 2 N–H and O–H groups in total. The molecule has 0 bridgehead atoms. The highest BCUT2D eigenvalue weighted by Gasteiger charge is 1.99. The predicted molar refractivity (Wildman–Crippen MR) is 94.2 cm³/mol. The summed E-state index contributed by atoms with van der Waals surface area (Å²) in [5, 5.41) is 8.49. The van der Waals surface area contributed by atoms with Gasteiger partial charge in [0.25, 0.3) is 0 Å². The summed E-state index contributed by atoms with van der Waals surface area (Å²) in [6, 6.07) is 15.5. The van der Waals surface area contributed by atoms with Crippen LogP contribution in [0, 0.1) is 6.92 Å². The second kappa shape index (κ2) is 7.20. The highest BCUT2D eigenvalue weighted by atomic mass is 35.5. The number of nitrogens with zero attached hydrogens (tertiary/aromatic N) is 1. The molecule has 0 aliphatic heterocycles. The zero-order valence-corrected chi connectivity index (χ0v) is 13.4. The summed E-state index contributed by atoms with van der Waals surface area (Å²) in [5.74, 6) is 0. The van der Waals surface area contributed by atoms with Gasteiger partial charge >= 0.3 is 0 Å². The van der Waals surface area contributed by atoms with Crippen LogP contribution < -0.4 is 10.7 Å². The van der Waals surface area contributed by atoms with Crippen molar-refractivity contribution in [2.45, 2.75) is 13.8 Å². The van der Waals surface area contributed by atoms with Crippen molar-refractivity contribution in [2.75, 3.05) is 5.32 Å². The molecule has 0 spiro atoms. The third kappa shape index (κ3) is 4.85. The number of hydrazone groups is 1. The molecule has 0 heterocycles. The van der Waals surface area contributed by atoms with E-state index >= 15 is 0 Å². The van der Waals surface area contributed by atoms with Crippen LogP contribution in [-0.2, 0) is 0 Å². The standard InChI is InChI=1S/C16H16ClN3S/c1-11-3-9-15(10-4-11)18-16(21)20-19-12(2)13-5-7-14(17)8-6-13/h3-10H,1-2H3,(H2,18,20,21)/b19-12+. The minimum atomic E-state index is 0.451. The Morgan fingerprint density at radius 2 is 1.67 bits per heavy atom. The monoisotopic (exact) mass is 317 g/mol. The van der Waals surface area contributed by atoms with Crippen LogP contribution in [0.4, 0.5) is 5.69 Å². The largest absolute Gasteiger partial charge is 0.331 e. The van der Waals surface area contributed by atoms with Crippen LogP contribution >= 0.6 is 23.8 Å². The van der Waals surface area contributed by atoms with E-state index in [-0.39, 0.29) is 0 Å². The average molecular weight is 318 g/mol. The minimum absolute atomic E-state index is 0.451. The second-order valence-electron chi connectivity index (χ2n) is 4.64. The molecule has 2 aromatic rings. The maximum Gasteiger partial charge on any atom is 0.191 e. The normalized spacial score (nSPS) is 11.1. The molecule has 0 radical (unpaired) electrons. The van der Waals surface area contributed by atoms with Crippen molar-refractivity contribution < 1.29 is 0 Å². The van der Waals surface area contributed by atoms with Crippen molar-refractivity contribution in [3.05, 3.63) is 64.7 Å². The fraction of sp³-hybridized carbons (Fsp3) is 0.125. The Morgan fingerprint density at radius 1 is 1.05 bits per heavy atom. The van der Waals surface area contributed by atoms with Crippen LogP contribution in [0.5, 0.6) is 0 Å². The number of halogens is 1. The summed E-state index contributed by atoms with van der Waals surface area (Å²) in [4.78, 5) is 0. The molecule has 2 aromatic carbocycles. The fourth-order valence-corrected chi connectivity index (χ4v) is 1.98. The Labute approximate surface area is 135 Å². The maximum absolute atomic E-state index is 5.86. The number of aryl methyl sites for hydroxylation is 1. The van der Waals surface area contributed by atoms with Gasteiger partial charge in [-0.2, -0.15) is 5.10 Å². The van der Waals surface area contributed by atoms with Gasteiger partial charge in [-0.25, -0.2) is 0 Å². The third-order valence-electron chi connectivity index (χ3n) is 2.90. The first-order valence-electron chi connectivity index (χ1n) is 6.48. The van der Waals surface area contributed by atoms with Crippen molar-refractivity contribution in [2.24, 2.45) is 5.10 Å². The van der Waals surface area contributed by atoms with Gasteiger partial charge in [0.05, 0.1) is 5.71 Å². The molecule has 0 aliphatic rings. The van der Waals surface area contributed by atoms with Gasteiger partial charge in [-0.3, -0.25) is 5.43 Å². The van der Waals surface area contributed by atoms with Crippen molar-refractivity contribution >= 4 is 40.3 Å². The van der Waals surface area contributed by atoms with E-state index in [2.05, 4.69) is 15.8 Å². The van der Waals surface area contributed by atoms with Crippen molar-refractivity contribution in [1.29, 1.82) is 0 Å². The molecule has 0 saturated heterocycles. The summed E-state index contributed by atoms with van der Waals surface area (Å²) >= 11 is 11.1. The Bertz CT molecular complexity index is 648. The molecule has 5 heteroatoms. The Balaban J connectivity index is 1.94. The summed E-state index contributed by atoms with van der Waals surface area (Å²) in [7, 11) is 0. The van der Waals surface area contributed by atoms with E-state index in [4.69, 9.17) is 23.8 Å². The first-order valence-corrected chi connectivity index (χ1v) is 7.27. The molecular weight excluding hydrogens is 302 g/mol. The van der Waals surface area contributed by atoms with E-state index in [1.165, 1.54) is 5.56 Å². The lowest BCUT2D eigenvalue weighted by molar-refractivity contribution is 1.04. The quantitative estimate of drug-likeness (QED) is 0.502. The topological polar surface area (TPSA) is 36.4 Å². The zero-order valence-electron chi connectivity index (χ0n) is 11.9. The van der Waals surface area contributed by atoms with Crippen LogP contribution in [-0.4, -0.2) is 10.8 Å². The molecule has 2 rings (SSSR count). The lowest BCUT2D eigenvalue weighted by Crippen LogP contribution is -2.24. The Morgan fingerprint density at radius 3 is 2.29 bits per heavy atom. The number of hydrogen-bond acceptors (Lipinski definition) is 2. The van der Waals surface area contributed by atoms with Crippen LogP contribution in [0.1, 0.15) is 18.1 Å². The van der Waals surface area contributed by atoms with Gasteiger partial charge in [-0.1, -0.05) is 41.4 Å². The summed E-state index contributed by atoms with van der Waals surface area (Å²) in [6.45, 7) is 3.95. The van der Waals surface area contributed by atoms with Gasteiger partial charge in [0, 0.05) is 10.7 Å². The smallest absolute Gasteiger partial charge is 0.191 e. The number of nitrogens with one attached hydrogen (secondary N) is 2.